The van der Waals surface area contributed by atoms with Crippen molar-refractivity contribution >= 4 is 29.9 Å². The van der Waals surface area contributed by atoms with Crippen LogP contribution in [0.25, 0.3) is 0 Å². The highest BCUT2D eigenvalue weighted by atomic mass is 19.1. The Hall–Kier alpha value is -4.88. The van der Waals surface area contributed by atoms with E-state index in [4.69, 9.17) is 14.3 Å². The molecule has 2 aromatic rings. The molecule has 0 aromatic heterocycles. The highest BCUT2D eigenvalue weighted by molar-refractivity contribution is 5.98. The molecule has 13 nitrogen and oxygen atoms in total. The van der Waals surface area contributed by atoms with Gasteiger partial charge in [-0.3, -0.25) is 19.3 Å². The number of hydrogen-bond donors (Lipinski definition) is 3. The highest BCUT2D eigenvalue weighted by Crippen LogP contribution is 2.47. The smallest absolute Gasteiger partial charge is 0.410 e. The maximum Gasteiger partial charge on any atom is 0.410 e. The summed E-state index contributed by atoms with van der Waals surface area (Å²) in [5.41, 5.74) is 2.52. The standard InChI is InChI=1S/C39H50FN5O8/c1-24-12-10-15-27(18-24)53-43-35(48)39-20-26(39)14-8-6-5-7-9-17-31(41-36(49)52-38(2,3)4)34(47)45-22-28(19-32(45)33(46)42-39)51-37(50)44-21-25-13-11-16-30(40)29(25)23-44/h10-13,15-16,18,26,28,31-32H,5-9,14,17,19-23H2,1-4H3,(H,41,49)(H,42,46)(H,43,48)/t26-,28+,31-,32-,39+/m0/s1. The minimum absolute atomic E-state index is 0.0334. The lowest BCUT2D eigenvalue weighted by Crippen LogP contribution is -2.58. The molecule has 1 saturated carbocycles. The number of ether oxygens (including phenoxy) is 2. The quantitative estimate of drug-likeness (QED) is 0.355. The van der Waals surface area contributed by atoms with Crippen LogP contribution >= 0.6 is 0 Å². The van der Waals surface area contributed by atoms with Gasteiger partial charge in [0.25, 0.3) is 5.91 Å². The molecule has 3 heterocycles. The molecule has 0 radical (unpaired) electrons. The second-order valence-corrected chi connectivity index (χ2v) is 15.7. The molecule has 2 saturated heterocycles. The third-order valence-electron chi connectivity index (χ3n) is 10.4. The molecule has 0 unspecified atom stereocenters. The summed E-state index contributed by atoms with van der Waals surface area (Å²) in [6.07, 6.45) is 3.17. The number of aryl methyl sites for hydroxylation is 1. The van der Waals surface area contributed by atoms with Crippen molar-refractivity contribution in [3.8, 4) is 5.75 Å². The van der Waals surface area contributed by atoms with Gasteiger partial charge < -0.3 is 29.8 Å². The normalized spacial score (nSPS) is 26.1. The van der Waals surface area contributed by atoms with Gasteiger partial charge in [-0.25, -0.2) is 14.0 Å². The zero-order valence-corrected chi connectivity index (χ0v) is 30.9. The van der Waals surface area contributed by atoms with E-state index < -0.39 is 65.1 Å². The number of nitrogens with one attached hydrogen (secondary N) is 3. The number of rotatable bonds is 5. The fourth-order valence-electron chi connectivity index (χ4n) is 7.62. The molecule has 3 N–H and O–H groups in total. The topological polar surface area (TPSA) is 156 Å². The Bertz CT molecular complexity index is 1730. The Balaban J connectivity index is 1.23. The second kappa shape index (κ2) is 15.6. The molecule has 3 fully saturated rings. The van der Waals surface area contributed by atoms with Gasteiger partial charge in [0.05, 0.1) is 13.1 Å². The van der Waals surface area contributed by atoms with Gasteiger partial charge in [0.1, 0.15) is 35.1 Å². The predicted molar refractivity (Wildman–Crippen MR) is 190 cm³/mol. The number of carbonyl (C=O) groups is 5. The van der Waals surface area contributed by atoms with Crippen molar-refractivity contribution in [1.29, 1.82) is 0 Å². The molecule has 286 valence electrons. The number of alkyl carbamates (subject to hydrolysis) is 1. The molecular weight excluding hydrogens is 685 g/mol. The molecule has 4 aliphatic rings. The van der Waals surface area contributed by atoms with Crippen molar-refractivity contribution in [1.82, 2.24) is 25.9 Å². The Kier molecular flexibility index (Phi) is 11.2. The average Bonchev–Trinajstić information content (AvgIpc) is 3.39. The second-order valence-electron chi connectivity index (χ2n) is 15.7. The fourth-order valence-corrected chi connectivity index (χ4v) is 7.62. The molecule has 0 bridgehead atoms. The van der Waals surface area contributed by atoms with Gasteiger partial charge in [0.15, 0.2) is 5.75 Å². The van der Waals surface area contributed by atoms with Crippen LogP contribution in [0.15, 0.2) is 42.5 Å². The lowest BCUT2D eigenvalue weighted by Gasteiger charge is -2.30. The molecule has 0 spiro atoms. The Morgan fingerprint density at radius 1 is 0.981 bits per heavy atom. The van der Waals surface area contributed by atoms with Crippen molar-refractivity contribution in [2.75, 3.05) is 6.54 Å². The molecule has 2 aromatic carbocycles. The first-order valence-corrected chi connectivity index (χ1v) is 18.6. The summed E-state index contributed by atoms with van der Waals surface area (Å²) in [7, 11) is 0. The lowest BCUT2D eigenvalue weighted by molar-refractivity contribution is -0.142. The van der Waals surface area contributed by atoms with Gasteiger partial charge in [0, 0.05) is 18.5 Å². The van der Waals surface area contributed by atoms with Crippen LogP contribution in [0, 0.1) is 18.7 Å². The lowest BCUT2D eigenvalue weighted by atomic mass is 10.0. The van der Waals surface area contributed by atoms with Crippen molar-refractivity contribution in [3.63, 3.8) is 0 Å². The summed E-state index contributed by atoms with van der Waals surface area (Å²) >= 11 is 0. The van der Waals surface area contributed by atoms with Crippen LogP contribution in [0.1, 0.15) is 95.2 Å². The monoisotopic (exact) mass is 735 g/mol. The summed E-state index contributed by atoms with van der Waals surface area (Å²) in [6.45, 7) is 7.15. The van der Waals surface area contributed by atoms with Gasteiger partial charge in [-0.1, -0.05) is 56.4 Å². The van der Waals surface area contributed by atoms with Gasteiger partial charge >= 0.3 is 12.2 Å². The summed E-state index contributed by atoms with van der Waals surface area (Å²) < 4.78 is 25.8. The zero-order chi connectivity index (χ0) is 37.9. The van der Waals surface area contributed by atoms with Crippen molar-refractivity contribution in [2.45, 2.75) is 128 Å². The van der Waals surface area contributed by atoms with Crippen LogP contribution in [0.2, 0.25) is 0 Å². The van der Waals surface area contributed by atoms with Crippen molar-refractivity contribution < 1.29 is 42.7 Å². The average molecular weight is 736 g/mol. The number of hydrogen-bond acceptors (Lipinski definition) is 8. The van der Waals surface area contributed by atoms with Crippen LogP contribution in [0.3, 0.4) is 0 Å². The van der Waals surface area contributed by atoms with E-state index in [1.807, 2.05) is 19.1 Å². The number of fused-ring (bicyclic) bond motifs is 3. The van der Waals surface area contributed by atoms with Crippen LogP contribution in [-0.4, -0.2) is 75.6 Å². The predicted octanol–water partition coefficient (Wildman–Crippen LogP) is 5.18. The van der Waals surface area contributed by atoms with E-state index in [-0.39, 0.29) is 32.0 Å². The number of halogens is 1. The minimum Gasteiger partial charge on any atom is -0.444 e. The molecule has 6 rings (SSSR count). The van der Waals surface area contributed by atoms with Gasteiger partial charge in [-0.05, 0) is 82.2 Å². The van der Waals surface area contributed by atoms with Gasteiger partial charge in [-0.15, -0.1) is 0 Å². The first-order chi connectivity index (χ1) is 25.2. The zero-order valence-electron chi connectivity index (χ0n) is 30.9. The fraction of sp³-hybridized carbons (Fsp3) is 0.564. The molecular formula is C39H50FN5O8. The summed E-state index contributed by atoms with van der Waals surface area (Å²) in [4.78, 5) is 77.1. The summed E-state index contributed by atoms with van der Waals surface area (Å²) in [5.74, 6) is -1.70. The third-order valence-corrected chi connectivity index (χ3v) is 10.4. The number of benzene rings is 2. The third kappa shape index (κ3) is 9.02. The van der Waals surface area contributed by atoms with E-state index in [0.29, 0.717) is 42.6 Å². The largest absolute Gasteiger partial charge is 0.444 e. The van der Waals surface area contributed by atoms with E-state index in [0.717, 1.165) is 31.2 Å². The van der Waals surface area contributed by atoms with E-state index in [2.05, 4.69) is 16.1 Å². The Morgan fingerprint density at radius 3 is 2.45 bits per heavy atom. The molecule has 3 aliphatic heterocycles. The first kappa shape index (κ1) is 37.9. The molecule has 1 aliphatic carbocycles. The summed E-state index contributed by atoms with van der Waals surface area (Å²) in [5, 5.41) is 5.70. The maximum absolute atomic E-state index is 14.4. The SMILES string of the molecule is Cc1cccc(ONC(=O)[C@@]23C[C@@H]2CCCCCCC[C@H](NC(=O)OC(C)(C)C)C(=O)N2C[C@H](OC(=O)N4Cc5cccc(F)c5C4)C[C@H]2C(=O)N3)c1. The van der Waals surface area contributed by atoms with Crippen LogP contribution < -0.4 is 21.0 Å². The van der Waals surface area contributed by atoms with Crippen LogP contribution in [0.4, 0.5) is 14.0 Å². The van der Waals surface area contributed by atoms with E-state index >= 15 is 0 Å². The molecule has 5 atom stereocenters. The number of nitrogens with zero attached hydrogens (tertiary/aromatic N) is 2. The van der Waals surface area contributed by atoms with Crippen molar-refractivity contribution in [2.24, 2.45) is 5.92 Å². The maximum atomic E-state index is 14.4. The van der Waals surface area contributed by atoms with E-state index in [1.165, 1.54) is 15.9 Å². The van der Waals surface area contributed by atoms with E-state index in [9.17, 15) is 28.4 Å². The van der Waals surface area contributed by atoms with Crippen molar-refractivity contribution in [3.05, 3.63) is 65.0 Å². The first-order valence-electron chi connectivity index (χ1n) is 18.6. The minimum atomic E-state index is -1.26. The highest BCUT2D eigenvalue weighted by Gasteiger charge is 2.62. The Morgan fingerprint density at radius 2 is 1.72 bits per heavy atom. The number of hydroxylamine groups is 1. The molecule has 14 heteroatoms. The molecule has 5 amide bonds. The van der Waals surface area contributed by atoms with Crippen LogP contribution in [0.5, 0.6) is 5.75 Å². The molecule has 53 heavy (non-hydrogen) atoms. The summed E-state index contributed by atoms with van der Waals surface area (Å²) in [6, 6.07) is 9.75. The Labute approximate surface area is 309 Å². The van der Waals surface area contributed by atoms with Crippen LogP contribution in [-0.2, 0) is 36.9 Å². The number of carbonyl (C=O) groups excluding carboxylic acids is 5. The van der Waals surface area contributed by atoms with E-state index in [1.54, 1.807) is 45.0 Å². The number of amides is 5. The van der Waals surface area contributed by atoms with Gasteiger partial charge in [0.2, 0.25) is 11.8 Å². The van der Waals surface area contributed by atoms with Gasteiger partial charge in [-0.2, -0.15) is 5.48 Å².